The zero-order valence-corrected chi connectivity index (χ0v) is 13.6. The van der Waals surface area contributed by atoms with E-state index in [1.165, 1.54) is 34.8 Å². The molecule has 0 aliphatic heterocycles. The van der Waals surface area contributed by atoms with E-state index in [0.717, 1.165) is 5.52 Å². The second kappa shape index (κ2) is 4.65. The third-order valence-electron chi connectivity index (χ3n) is 4.44. The van der Waals surface area contributed by atoms with Crippen LogP contribution in [0.5, 0.6) is 0 Å². The van der Waals surface area contributed by atoms with Crippen LogP contribution in [0.3, 0.4) is 0 Å². The Hall–Kier alpha value is -0.780. The van der Waals surface area contributed by atoms with E-state index >= 15 is 0 Å². The van der Waals surface area contributed by atoms with Crippen LogP contribution in [0.1, 0.15) is 45.6 Å². The first kappa shape index (κ1) is 13.2. The Balaban J connectivity index is 2.16. The van der Waals surface area contributed by atoms with E-state index in [1.807, 2.05) is 0 Å². The molecule has 3 rings (SSSR count). The van der Waals surface area contributed by atoms with Gasteiger partial charge in [-0.15, -0.1) is 0 Å². The Bertz CT molecular complexity index is 615. The Kier molecular flexibility index (Phi) is 3.23. The maximum atomic E-state index is 6.20. The quantitative estimate of drug-likeness (QED) is 0.759. The summed E-state index contributed by atoms with van der Waals surface area (Å²) in [6.07, 6.45) is 5.08. The van der Waals surface area contributed by atoms with Crippen molar-refractivity contribution >= 4 is 39.6 Å². The average Bonchev–Trinajstić information content (AvgIpc) is 2.64. The van der Waals surface area contributed by atoms with Crippen LogP contribution >= 0.6 is 22.6 Å². The molecule has 0 spiro atoms. The van der Waals surface area contributed by atoms with Gasteiger partial charge < -0.3 is 10.3 Å². The standard InChI is InChI=1S/C15H20IN3/c1-15(2)8-4-3-5-13(15)19-12-7-6-10(16)9-11(12)18-14(19)17/h6-7,9,13H,3-5,8H2,1-2H3,(H2,17,18). The van der Waals surface area contributed by atoms with Crippen molar-refractivity contribution in [2.45, 2.75) is 45.6 Å². The molecule has 1 saturated carbocycles. The van der Waals surface area contributed by atoms with Crippen molar-refractivity contribution in [3.05, 3.63) is 21.8 Å². The van der Waals surface area contributed by atoms with Crippen molar-refractivity contribution in [2.24, 2.45) is 5.41 Å². The summed E-state index contributed by atoms with van der Waals surface area (Å²) in [7, 11) is 0. The lowest BCUT2D eigenvalue weighted by Gasteiger charge is -2.40. The van der Waals surface area contributed by atoms with Crippen LogP contribution in [0, 0.1) is 8.99 Å². The summed E-state index contributed by atoms with van der Waals surface area (Å²) in [4.78, 5) is 4.55. The molecule has 102 valence electrons. The number of halogens is 1. The molecule has 2 N–H and O–H groups in total. The first-order chi connectivity index (χ1) is 8.99. The summed E-state index contributed by atoms with van der Waals surface area (Å²) >= 11 is 2.32. The van der Waals surface area contributed by atoms with E-state index in [9.17, 15) is 0 Å². The molecule has 1 unspecified atom stereocenters. The van der Waals surface area contributed by atoms with Gasteiger partial charge in [0.25, 0.3) is 0 Å². The predicted octanol–water partition coefficient (Wildman–Crippen LogP) is 4.36. The second-order valence-corrected chi connectivity index (χ2v) is 7.47. The van der Waals surface area contributed by atoms with Gasteiger partial charge in [-0.1, -0.05) is 26.7 Å². The number of fused-ring (bicyclic) bond motifs is 1. The number of imidazole rings is 1. The number of benzene rings is 1. The number of rotatable bonds is 1. The van der Waals surface area contributed by atoms with Crippen molar-refractivity contribution < 1.29 is 0 Å². The van der Waals surface area contributed by atoms with Gasteiger partial charge in [-0.3, -0.25) is 0 Å². The molecule has 1 aromatic carbocycles. The molecule has 0 bridgehead atoms. The van der Waals surface area contributed by atoms with E-state index in [2.05, 4.69) is 64.2 Å². The van der Waals surface area contributed by atoms with E-state index in [0.29, 0.717) is 17.4 Å². The maximum absolute atomic E-state index is 6.20. The number of nitrogen functional groups attached to an aromatic ring is 1. The molecule has 1 aromatic heterocycles. The van der Waals surface area contributed by atoms with Gasteiger partial charge in [-0.25, -0.2) is 4.98 Å². The number of nitrogens with two attached hydrogens (primary N) is 1. The van der Waals surface area contributed by atoms with Crippen LogP contribution in [-0.4, -0.2) is 9.55 Å². The van der Waals surface area contributed by atoms with E-state index < -0.39 is 0 Å². The van der Waals surface area contributed by atoms with Crippen molar-refractivity contribution in [1.82, 2.24) is 9.55 Å². The molecule has 1 fully saturated rings. The van der Waals surface area contributed by atoms with Crippen molar-refractivity contribution in [3.8, 4) is 0 Å². The zero-order valence-electron chi connectivity index (χ0n) is 11.5. The molecule has 4 heteroatoms. The van der Waals surface area contributed by atoms with E-state index in [-0.39, 0.29) is 0 Å². The minimum Gasteiger partial charge on any atom is -0.369 e. The number of hydrogen-bond donors (Lipinski definition) is 1. The van der Waals surface area contributed by atoms with Crippen molar-refractivity contribution in [3.63, 3.8) is 0 Å². The molecule has 2 aromatic rings. The Morgan fingerprint density at radius 2 is 2.16 bits per heavy atom. The minimum atomic E-state index is 0.295. The number of aromatic nitrogens is 2. The predicted molar refractivity (Wildman–Crippen MR) is 88.1 cm³/mol. The fourth-order valence-electron chi connectivity index (χ4n) is 3.37. The Morgan fingerprint density at radius 1 is 1.37 bits per heavy atom. The molecular weight excluding hydrogens is 349 g/mol. The van der Waals surface area contributed by atoms with E-state index in [4.69, 9.17) is 5.73 Å². The fourth-order valence-corrected chi connectivity index (χ4v) is 3.85. The third-order valence-corrected chi connectivity index (χ3v) is 5.11. The highest BCUT2D eigenvalue weighted by Crippen LogP contribution is 2.45. The monoisotopic (exact) mass is 369 g/mol. The topological polar surface area (TPSA) is 43.8 Å². The smallest absolute Gasteiger partial charge is 0.201 e. The summed E-state index contributed by atoms with van der Waals surface area (Å²) in [6, 6.07) is 6.87. The van der Waals surface area contributed by atoms with Gasteiger partial charge in [-0.2, -0.15) is 0 Å². The maximum Gasteiger partial charge on any atom is 0.201 e. The third kappa shape index (κ3) is 2.24. The number of hydrogen-bond acceptors (Lipinski definition) is 2. The summed E-state index contributed by atoms with van der Waals surface area (Å²) in [6.45, 7) is 4.71. The number of nitrogens with zero attached hydrogens (tertiary/aromatic N) is 2. The van der Waals surface area contributed by atoms with Gasteiger partial charge in [0.1, 0.15) is 0 Å². The van der Waals surface area contributed by atoms with Crippen LogP contribution in [-0.2, 0) is 0 Å². The zero-order chi connectivity index (χ0) is 13.6. The molecule has 3 nitrogen and oxygen atoms in total. The molecule has 1 atom stereocenters. The normalized spacial score (nSPS) is 22.8. The molecule has 1 aliphatic rings. The minimum absolute atomic E-state index is 0.295. The summed E-state index contributed by atoms with van der Waals surface area (Å²) in [5.41, 5.74) is 8.70. The van der Waals surface area contributed by atoms with Gasteiger partial charge in [0.05, 0.1) is 11.0 Å². The molecule has 0 saturated heterocycles. The first-order valence-electron chi connectivity index (χ1n) is 6.92. The van der Waals surface area contributed by atoms with Gasteiger partial charge >= 0.3 is 0 Å². The van der Waals surface area contributed by atoms with E-state index in [1.54, 1.807) is 0 Å². The molecule has 19 heavy (non-hydrogen) atoms. The van der Waals surface area contributed by atoms with Crippen LogP contribution in [0.15, 0.2) is 18.2 Å². The van der Waals surface area contributed by atoms with Gasteiger partial charge in [-0.05, 0) is 59.0 Å². The SMILES string of the molecule is CC1(C)CCCCC1n1c(N)nc2cc(I)ccc21. The van der Waals surface area contributed by atoms with Crippen LogP contribution < -0.4 is 5.73 Å². The van der Waals surface area contributed by atoms with Crippen LogP contribution in [0.2, 0.25) is 0 Å². The Morgan fingerprint density at radius 3 is 2.89 bits per heavy atom. The van der Waals surface area contributed by atoms with Gasteiger partial charge in [0.15, 0.2) is 0 Å². The molecule has 0 amide bonds. The highest BCUT2D eigenvalue weighted by molar-refractivity contribution is 14.1. The highest BCUT2D eigenvalue weighted by Gasteiger charge is 2.35. The second-order valence-electron chi connectivity index (χ2n) is 6.22. The largest absolute Gasteiger partial charge is 0.369 e. The summed E-state index contributed by atoms with van der Waals surface area (Å²) < 4.78 is 3.47. The van der Waals surface area contributed by atoms with Crippen LogP contribution in [0.25, 0.3) is 11.0 Å². The molecule has 0 radical (unpaired) electrons. The summed E-state index contributed by atoms with van der Waals surface area (Å²) in [5, 5.41) is 0. The lowest BCUT2D eigenvalue weighted by molar-refractivity contribution is 0.149. The highest BCUT2D eigenvalue weighted by atomic mass is 127. The van der Waals surface area contributed by atoms with Crippen molar-refractivity contribution in [2.75, 3.05) is 5.73 Å². The Labute approximate surface area is 127 Å². The van der Waals surface area contributed by atoms with Gasteiger partial charge in [0.2, 0.25) is 5.95 Å². The number of anilines is 1. The van der Waals surface area contributed by atoms with Crippen molar-refractivity contribution in [1.29, 1.82) is 0 Å². The molecular formula is C15H20IN3. The fraction of sp³-hybridized carbons (Fsp3) is 0.533. The van der Waals surface area contributed by atoms with Gasteiger partial charge in [0, 0.05) is 9.61 Å². The molecule has 1 heterocycles. The lowest BCUT2D eigenvalue weighted by Crippen LogP contribution is -2.31. The molecule has 1 aliphatic carbocycles. The average molecular weight is 369 g/mol. The summed E-state index contributed by atoms with van der Waals surface area (Å²) in [5.74, 6) is 0.664. The first-order valence-corrected chi connectivity index (χ1v) is 8.00. The lowest BCUT2D eigenvalue weighted by atomic mass is 9.73. The van der Waals surface area contributed by atoms with Crippen LogP contribution in [0.4, 0.5) is 5.95 Å².